The van der Waals surface area contributed by atoms with E-state index >= 15 is 0 Å². The van der Waals surface area contributed by atoms with Gasteiger partial charge in [0, 0.05) is 36.4 Å². The summed E-state index contributed by atoms with van der Waals surface area (Å²) in [5.41, 5.74) is 4.35. The van der Waals surface area contributed by atoms with Crippen LogP contribution in [0.1, 0.15) is 25.0 Å². The summed E-state index contributed by atoms with van der Waals surface area (Å²) in [6.07, 6.45) is -4.58. The van der Waals surface area contributed by atoms with E-state index in [1.165, 1.54) is 6.92 Å². The molecular weight excluding hydrogens is 541 g/mol. The minimum absolute atomic E-state index is 0.217. The summed E-state index contributed by atoms with van der Waals surface area (Å²) in [6, 6.07) is 26.1. The summed E-state index contributed by atoms with van der Waals surface area (Å²) >= 11 is 0. The number of anilines is 1. The molecule has 0 fully saturated rings. The Labute approximate surface area is 232 Å². The standard InChI is InChI=1S/C29H31F3N4O3S/c1-3-36-28(39-26-14-12-22(13-15-26)19-33-25-10-5-4-6-11-25)18-27(34-36)24-9-7-8-23(17-24)16-21(2)35-40(37,38)20-29(30,31)32/h4-15,17-18,21,33,35H,3,16,19-20H2,1-2H3. The third-order valence-electron chi connectivity index (χ3n) is 5.96. The molecule has 0 radical (unpaired) electrons. The average Bonchev–Trinajstić information content (AvgIpc) is 3.30. The van der Waals surface area contributed by atoms with Crippen LogP contribution in [0.15, 0.2) is 84.9 Å². The molecule has 1 aromatic heterocycles. The van der Waals surface area contributed by atoms with Gasteiger partial charge in [-0.2, -0.15) is 18.3 Å². The van der Waals surface area contributed by atoms with Crippen molar-refractivity contribution in [3.8, 4) is 22.9 Å². The van der Waals surface area contributed by atoms with Crippen LogP contribution >= 0.6 is 0 Å². The lowest BCUT2D eigenvalue weighted by atomic mass is 10.0. The molecular formula is C29H31F3N4O3S. The Balaban J connectivity index is 1.41. The summed E-state index contributed by atoms with van der Waals surface area (Å²) < 4.78 is 71.2. The first kappa shape index (κ1) is 29.2. The molecule has 1 atom stereocenters. The van der Waals surface area contributed by atoms with E-state index in [-0.39, 0.29) is 6.42 Å². The largest absolute Gasteiger partial charge is 0.439 e. The number of sulfonamides is 1. The summed E-state index contributed by atoms with van der Waals surface area (Å²) in [5.74, 6) is -0.681. The second-order valence-electron chi connectivity index (χ2n) is 9.45. The third-order valence-corrected chi connectivity index (χ3v) is 7.43. The fourth-order valence-electron chi connectivity index (χ4n) is 4.22. The topological polar surface area (TPSA) is 85.2 Å². The van der Waals surface area contributed by atoms with Crippen LogP contribution in [0.2, 0.25) is 0 Å². The van der Waals surface area contributed by atoms with Gasteiger partial charge >= 0.3 is 6.18 Å². The fraction of sp³-hybridized carbons (Fsp3) is 0.276. The van der Waals surface area contributed by atoms with Crippen LogP contribution < -0.4 is 14.8 Å². The van der Waals surface area contributed by atoms with Crippen molar-refractivity contribution in [2.24, 2.45) is 0 Å². The van der Waals surface area contributed by atoms with Gasteiger partial charge in [0.25, 0.3) is 0 Å². The SMILES string of the molecule is CCn1nc(-c2cccc(CC(C)NS(=O)(=O)CC(F)(F)F)c2)cc1Oc1ccc(CNc2ccccc2)cc1. The number of hydrogen-bond donors (Lipinski definition) is 2. The monoisotopic (exact) mass is 572 g/mol. The van der Waals surface area contributed by atoms with Crippen LogP contribution in [0, 0.1) is 0 Å². The van der Waals surface area contributed by atoms with E-state index in [0.717, 1.165) is 22.4 Å². The minimum Gasteiger partial charge on any atom is -0.439 e. The van der Waals surface area contributed by atoms with Crippen LogP contribution in [-0.4, -0.2) is 36.2 Å². The molecule has 0 bridgehead atoms. The van der Waals surface area contributed by atoms with Gasteiger partial charge in [-0.1, -0.05) is 48.5 Å². The first-order valence-corrected chi connectivity index (χ1v) is 14.4. The highest BCUT2D eigenvalue weighted by Gasteiger charge is 2.35. The van der Waals surface area contributed by atoms with Crippen LogP contribution in [0.4, 0.5) is 18.9 Å². The fourth-order valence-corrected chi connectivity index (χ4v) is 5.43. The number of aryl methyl sites for hydroxylation is 1. The molecule has 0 saturated heterocycles. The smallest absolute Gasteiger partial charge is 0.404 e. The van der Waals surface area contributed by atoms with Gasteiger partial charge in [-0.15, -0.1) is 0 Å². The van der Waals surface area contributed by atoms with Gasteiger partial charge < -0.3 is 10.1 Å². The van der Waals surface area contributed by atoms with E-state index in [1.807, 2.05) is 79.7 Å². The molecule has 11 heteroatoms. The van der Waals surface area contributed by atoms with Gasteiger partial charge in [-0.05, 0) is 61.7 Å². The zero-order chi connectivity index (χ0) is 28.8. The van der Waals surface area contributed by atoms with Crippen molar-refractivity contribution in [3.05, 3.63) is 96.1 Å². The highest BCUT2D eigenvalue weighted by molar-refractivity contribution is 7.89. The molecule has 3 aromatic carbocycles. The number of alkyl halides is 3. The number of hydrogen-bond acceptors (Lipinski definition) is 5. The summed E-state index contributed by atoms with van der Waals surface area (Å²) in [5, 5.41) is 8.01. The van der Waals surface area contributed by atoms with E-state index in [0.29, 0.717) is 30.4 Å². The molecule has 0 saturated carbocycles. The Bertz CT molecular complexity index is 1510. The van der Waals surface area contributed by atoms with E-state index in [4.69, 9.17) is 4.74 Å². The Kier molecular flexibility index (Phi) is 9.16. The second-order valence-corrected chi connectivity index (χ2v) is 11.2. The van der Waals surface area contributed by atoms with Gasteiger partial charge in [0.2, 0.25) is 15.9 Å². The van der Waals surface area contributed by atoms with E-state index in [1.54, 1.807) is 16.8 Å². The first-order valence-electron chi connectivity index (χ1n) is 12.8. The molecule has 1 heterocycles. The number of rotatable bonds is 12. The molecule has 0 aliphatic rings. The summed E-state index contributed by atoms with van der Waals surface area (Å²) in [4.78, 5) is 0. The van der Waals surface area contributed by atoms with Crippen LogP contribution in [0.25, 0.3) is 11.3 Å². The first-order chi connectivity index (χ1) is 19.0. The number of nitrogens with zero attached hydrogens (tertiary/aromatic N) is 2. The van der Waals surface area contributed by atoms with Crippen LogP contribution in [0.3, 0.4) is 0 Å². The van der Waals surface area contributed by atoms with Gasteiger partial charge in [0.15, 0.2) is 5.75 Å². The lowest BCUT2D eigenvalue weighted by Gasteiger charge is -2.15. The van der Waals surface area contributed by atoms with Gasteiger partial charge in [0.1, 0.15) is 5.75 Å². The number of para-hydroxylation sites is 1. The zero-order valence-electron chi connectivity index (χ0n) is 22.1. The molecule has 2 N–H and O–H groups in total. The van der Waals surface area contributed by atoms with Crippen molar-refractivity contribution in [1.29, 1.82) is 0 Å². The van der Waals surface area contributed by atoms with Crippen molar-refractivity contribution < 1.29 is 26.3 Å². The molecule has 0 spiro atoms. The predicted octanol–water partition coefficient (Wildman–Crippen LogP) is 6.39. The zero-order valence-corrected chi connectivity index (χ0v) is 23.0. The highest BCUT2D eigenvalue weighted by Crippen LogP contribution is 2.28. The van der Waals surface area contributed by atoms with Crippen LogP contribution in [0.5, 0.6) is 11.6 Å². The molecule has 0 amide bonds. The number of halogens is 3. The molecule has 4 aromatic rings. The summed E-state index contributed by atoms with van der Waals surface area (Å²) in [7, 11) is -4.49. The summed E-state index contributed by atoms with van der Waals surface area (Å²) in [6.45, 7) is 4.74. The van der Waals surface area contributed by atoms with Crippen molar-refractivity contribution >= 4 is 15.7 Å². The Morgan fingerprint density at radius 3 is 2.35 bits per heavy atom. The molecule has 1 unspecified atom stereocenters. The van der Waals surface area contributed by atoms with Crippen molar-refractivity contribution in [3.63, 3.8) is 0 Å². The molecule has 0 aliphatic carbocycles. The molecule has 0 aliphatic heterocycles. The second kappa shape index (κ2) is 12.6. The third kappa shape index (κ3) is 8.59. The van der Waals surface area contributed by atoms with Gasteiger partial charge in [-0.25, -0.2) is 17.8 Å². The number of benzene rings is 3. The maximum atomic E-state index is 12.5. The Hall–Kier alpha value is -3.83. The predicted molar refractivity (Wildman–Crippen MR) is 150 cm³/mol. The molecule has 4 rings (SSSR count). The maximum absolute atomic E-state index is 12.5. The lowest BCUT2D eigenvalue weighted by molar-refractivity contribution is -0.106. The van der Waals surface area contributed by atoms with E-state index in [2.05, 4.69) is 15.1 Å². The Morgan fingerprint density at radius 1 is 0.950 bits per heavy atom. The molecule has 212 valence electrons. The molecule has 40 heavy (non-hydrogen) atoms. The van der Waals surface area contributed by atoms with Crippen LogP contribution in [-0.2, 0) is 29.5 Å². The lowest BCUT2D eigenvalue weighted by Crippen LogP contribution is -2.39. The maximum Gasteiger partial charge on any atom is 0.404 e. The number of aromatic nitrogens is 2. The molecule has 7 nitrogen and oxygen atoms in total. The van der Waals surface area contributed by atoms with Gasteiger partial charge in [-0.3, -0.25) is 0 Å². The Morgan fingerprint density at radius 2 is 1.68 bits per heavy atom. The quantitative estimate of drug-likeness (QED) is 0.206. The number of nitrogens with one attached hydrogen (secondary N) is 2. The highest BCUT2D eigenvalue weighted by atomic mass is 32.2. The van der Waals surface area contributed by atoms with Gasteiger partial charge in [0.05, 0.1) is 5.69 Å². The minimum atomic E-state index is -4.80. The number of ether oxygens (including phenoxy) is 1. The normalized spacial score (nSPS) is 12.7. The van der Waals surface area contributed by atoms with Crippen molar-refractivity contribution in [2.45, 2.75) is 45.6 Å². The van der Waals surface area contributed by atoms with E-state index < -0.39 is 28.0 Å². The average molecular weight is 573 g/mol. The van der Waals surface area contributed by atoms with Crippen molar-refractivity contribution in [1.82, 2.24) is 14.5 Å². The van der Waals surface area contributed by atoms with Crippen molar-refractivity contribution in [2.75, 3.05) is 11.1 Å². The van der Waals surface area contributed by atoms with E-state index in [9.17, 15) is 21.6 Å².